The van der Waals surface area contributed by atoms with Crippen LogP contribution in [0.4, 0.5) is 4.79 Å². The van der Waals surface area contributed by atoms with E-state index in [1.165, 1.54) is 4.90 Å². The summed E-state index contributed by atoms with van der Waals surface area (Å²) in [6, 6.07) is 9.78. The molecule has 2 N–H and O–H groups in total. The molecule has 1 fully saturated rings. The molecule has 0 aromatic heterocycles. The maximum atomic E-state index is 10.9. The van der Waals surface area contributed by atoms with E-state index >= 15 is 0 Å². The molecule has 0 bridgehead atoms. The minimum absolute atomic E-state index is 0.0125. The van der Waals surface area contributed by atoms with Crippen molar-refractivity contribution in [3.05, 3.63) is 35.9 Å². The van der Waals surface area contributed by atoms with Crippen LogP contribution in [0, 0.1) is 5.92 Å². The van der Waals surface area contributed by atoms with Gasteiger partial charge in [0, 0.05) is 31.5 Å². The molecule has 1 aliphatic heterocycles. The summed E-state index contributed by atoms with van der Waals surface area (Å²) >= 11 is 0. The molecule has 0 radical (unpaired) electrons. The average Bonchev–Trinajstić information content (AvgIpc) is 2.74. The van der Waals surface area contributed by atoms with Gasteiger partial charge in [-0.3, -0.25) is 0 Å². The summed E-state index contributed by atoms with van der Waals surface area (Å²) in [5.74, 6) is 0.126. The van der Waals surface area contributed by atoms with E-state index in [-0.39, 0.29) is 18.4 Å². The Morgan fingerprint density at radius 1 is 1.31 bits per heavy atom. The van der Waals surface area contributed by atoms with Gasteiger partial charge in [-0.05, 0) is 5.56 Å². The summed E-state index contributed by atoms with van der Waals surface area (Å²) in [4.78, 5) is 12.3. The van der Waals surface area contributed by atoms with Crippen molar-refractivity contribution in [3.63, 3.8) is 0 Å². The van der Waals surface area contributed by atoms with Crippen molar-refractivity contribution in [2.45, 2.75) is 5.92 Å². The maximum Gasteiger partial charge on any atom is 0.407 e. The second kappa shape index (κ2) is 4.53. The molecule has 16 heavy (non-hydrogen) atoms. The lowest BCUT2D eigenvalue weighted by Crippen LogP contribution is -2.27. The molecule has 2 rings (SSSR count). The van der Waals surface area contributed by atoms with Crippen LogP contribution >= 0.6 is 0 Å². The highest BCUT2D eigenvalue weighted by molar-refractivity contribution is 5.65. The smallest absolute Gasteiger partial charge is 0.407 e. The Morgan fingerprint density at radius 2 is 2.00 bits per heavy atom. The number of likely N-dealkylation sites (tertiary alicyclic amines) is 1. The van der Waals surface area contributed by atoms with Gasteiger partial charge in [-0.1, -0.05) is 30.3 Å². The van der Waals surface area contributed by atoms with E-state index in [0.717, 1.165) is 5.56 Å². The zero-order chi connectivity index (χ0) is 11.5. The highest BCUT2D eigenvalue weighted by Gasteiger charge is 2.35. The Bertz CT molecular complexity index is 366. The quantitative estimate of drug-likeness (QED) is 0.793. The molecule has 86 valence electrons. The summed E-state index contributed by atoms with van der Waals surface area (Å²) in [7, 11) is 0. The standard InChI is InChI=1S/C12H15NO3/c14-8-10-6-13(12(15)16)7-11(10)9-4-2-1-3-5-9/h1-5,10-11,14H,6-8H2,(H,15,16)/t10-,11-/m1/s1. The first-order chi connectivity index (χ1) is 7.72. The van der Waals surface area contributed by atoms with Crippen LogP contribution in [0.2, 0.25) is 0 Å². The largest absolute Gasteiger partial charge is 0.465 e. The van der Waals surface area contributed by atoms with Gasteiger partial charge in [0.25, 0.3) is 0 Å². The Hall–Kier alpha value is -1.55. The first-order valence-electron chi connectivity index (χ1n) is 5.36. The number of carbonyl (C=O) groups is 1. The van der Waals surface area contributed by atoms with Crippen LogP contribution in [0.5, 0.6) is 0 Å². The van der Waals surface area contributed by atoms with Gasteiger partial charge in [-0.25, -0.2) is 4.79 Å². The van der Waals surface area contributed by atoms with E-state index in [4.69, 9.17) is 5.11 Å². The van der Waals surface area contributed by atoms with Crippen LogP contribution in [-0.2, 0) is 0 Å². The number of carboxylic acid groups (broad SMARTS) is 1. The van der Waals surface area contributed by atoms with Gasteiger partial charge in [0.15, 0.2) is 0 Å². The third-order valence-corrected chi connectivity index (χ3v) is 3.17. The summed E-state index contributed by atoms with van der Waals surface area (Å²) in [5.41, 5.74) is 1.10. The third-order valence-electron chi connectivity index (χ3n) is 3.17. The minimum atomic E-state index is -0.906. The summed E-state index contributed by atoms with van der Waals surface area (Å²) < 4.78 is 0. The van der Waals surface area contributed by atoms with E-state index in [2.05, 4.69) is 0 Å². The number of nitrogens with zero attached hydrogens (tertiary/aromatic N) is 1. The number of benzene rings is 1. The van der Waals surface area contributed by atoms with Crippen molar-refractivity contribution in [1.29, 1.82) is 0 Å². The molecule has 1 aliphatic rings. The van der Waals surface area contributed by atoms with Crippen LogP contribution in [0.25, 0.3) is 0 Å². The number of hydrogen-bond donors (Lipinski definition) is 2. The molecule has 4 nitrogen and oxygen atoms in total. The molecule has 0 saturated carbocycles. The molecule has 1 heterocycles. The zero-order valence-electron chi connectivity index (χ0n) is 8.91. The SMILES string of the molecule is O=C(O)N1C[C@H](CO)[C@@H](c2ccccc2)C1. The number of hydrogen-bond acceptors (Lipinski definition) is 2. The molecular formula is C12H15NO3. The van der Waals surface area contributed by atoms with Gasteiger partial charge in [-0.2, -0.15) is 0 Å². The van der Waals surface area contributed by atoms with E-state index in [9.17, 15) is 9.90 Å². The van der Waals surface area contributed by atoms with Crippen molar-refractivity contribution >= 4 is 6.09 Å². The van der Waals surface area contributed by atoms with E-state index in [1.54, 1.807) is 0 Å². The van der Waals surface area contributed by atoms with Crippen molar-refractivity contribution in [2.24, 2.45) is 5.92 Å². The molecule has 0 unspecified atom stereocenters. The second-order valence-electron chi connectivity index (χ2n) is 4.15. The lowest BCUT2D eigenvalue weighted by molar-refractivity contribution is 0.150. The third kappa shape index (κ3) is 2.02. The van der Waals surface area contributed by atoms with Crippen molar-refractivity contribution in [1.82, 2.24) is 4.90 Å². The molecule has 1 saturated heterocycles. The van der Waals surface area contributed by atoms with Gasteiger partial charge >= 0.3 is 6.09 Å². The fourth-order valence-corrected chi connectivity index (χ4v) is 2.29. The molecule has 1 aromatic rings. The molecule has 0 spiro atoms. The number of aliphatic hydroxyl groups is 1. The lowest BCUT2D eigenvalue weighted by Gasteiger charge is -2.15. The maximum absolute atomic E-state index is 10.9. The molecule has 2 atom stereocenters. The summed E-state index contributed by atoms with van der Waals surface area (Å²) in [5, 5.41) is 18.2. The Balaban J connectivity index is 2.18. The molecule has 1 amide bonds. The van der Waals surface area contributed by atoms with Gasteiger partial charge in [-0.15, -0.1) is 0 Å². The highest BCUT2D eigenvalue weighted by Crippen LogP contribution is 2.32. The van der Waals surface area contributed by atoms with E-state index < -0.39 is 6.09 Å². The Kier molecular flexibility index (Phi) is 3.10. The first kappa shape index (κ1) is 11.0. The van der Waals surface area contributed by atoms with Crippen molar-refractivity contribution in [3.8, 4) is 0 Å². The van der Waals surface area contributed by atoms with Gasteiger partial charge < -0.3 is 15.1 Å². The first-order valence-corrected chi connectivity index (χ1v) is 5.36. The fourth-order valence-electron chi connectivity index (χ4n) is 2.29. The average molecular weight is 221 g/mol. The molecular weight excluding hydrogens is 206 g/mol. The normalized spacial score (nSPS) is 24.7. The highest BCUT2D eigenvalue weighted by atomic mass is 16.4. The number of rotatable bonds is 2. The Labute approximate surface area is 94.1 Å². The second-order valence-corrected chi connectivity index (χ2v) is 4.15. The van der Waals surface area contributed by atoms with Crippen LogP contribution in [-0.4, -0.2) is 40.9 Å². The molecule has 4 heteroatoms. The van der Waals surface area contributed by atoms with Crippen molar-refractivity contribution in [2.75, 3.05) is 19.7 Å². The fraction of sp³-hybridized carbons (Fsp3) is 0.417. The van der Waals surface area contributed by atoms with Crippen LogP contribution in [0.15, 0.2) is 30.3 Å². The molecule has 0 aliphatic carbocycles. The number of aliphatic hydroxyl groups excluding tert-OH is 1. The van der Waals surface area contributed by atoms with Crippen molar-refractivity contribution < 1.29 is 15.0 Å². The van der Waals surface area contributed by atoms with Crippen LogP contribution < -0.4 is 0 Å². The topological polar surface area (TPSA) is 60.8 Å². The summed E-state index contributed by atoms with van der Waals surface area (Å²) in [6.45, 7) is 0.930. The van der Waals surface area contributed by atoms with Gasteiger partial charge in [0.05, 0.1) is 0 Å². The Morgan fingerprint density at radius 3 is 2.56 bits per heavy atom. The van der Waals surface area contributed by atoms with E-state index in [1.807, 2.05) is 30.3 Å². The van der Waals surface area contributed by atoms with Gasteiger partial charge in [0.2, 0.25) is 0 Å². The predicted octanol–water partition coefficient (Wildman–Crippen LogP) is 1.37. The monoisotopic (exact) mass is 221 g/mol. The number of amides is 1. The predicted molar refractivity (Wildman–Crippen MR) is 59.4 cm³/mol. The lowest BCUT2D eigenvalue weighted by atomic mass is 9.90. The minimum Gasteiger partial charge on any atom is -0.465 e. The summed E-state index contributed by atoms with van der Waals surface area (Å²) in [6.07, 6.45) is -0.906. The van der Waals surface area contributed by atoms with E-state index in [0.29, 0.717) is 13.1 Å². The molecule has 1 aromatic carbocycles. The van der Waals surface area contributed by atoms with Crippen LogP contribution in [0.3, 0.4) is 0 Å². The zero-order valence-corrected chi connectivity index (χ0v) is 8.91. The van der Waals surface area contributed by atoms with Gasteiger partial charge in [0.1, 0.15) is 0 Å². The van der Waals surface area contributed by atoms with Crippen LogP contribution in [0.1, 0.15) is 11.5 Å².